The van der Waals surface area contributed by atoms with E-state index in [1.54, 1.807) is 36.4 Å². The van der Waals surface area contributed by atoms with E-state index in [4.69, 9.17) is 4.74 Å². The molecule has 0 fully saturated rings. The SMILES string of the molecule is CCCCCOc1ccccc1C(=O)NNC(=O)c1cccc(C)c1. The van der Waals surface area contributed by atoms with Crippen molar-refractivity contribution in [3.63, 3.8) is 0 Å². The van der Waals surface area contributed by atoms with Gasteiger partial charge in [0.2, 0.25) is 0 Å². The van der Waals surface area contributed by atoms with E-state index in [0.29, 0.717) is 23.5 Å². The number of amides is 2. The lowest BCUT2D eigenvalue weighted by Crippen LogP contribution is -2.41. The van der Waals surface area contributed by atoms with E-state index in [2.05, 4.69) is 17.8 Å². The van der Waals surface area contributed by atoms with Crippen LogP contribution in [-0.2, 0) is 0 Å². The van der Waals surface area contributed by atoms with E-state index in [1.165, 1.54) is 0 Å². The standard InChI is InChI=1S/C20H24N2O3/c1-3-4-7-13-25-18-12-6-5-11-17(18)20(24)22-21-19(23)16-10-8-9-15(2)14-16/h5-6,8-12,14H,3-4,7,13H2,1-2H3,(H,21,23)(H,22,24). The Kier molecular flexibility index (Phi) is 7.01. The zero-order valence-corrected chi connectivity index (χ0v) is 14.7. The molecule has 0 radical (unpaired) electrons. The molecular weight excluding hydrogens is 316 g/mol. The average molecular weight is 340 g/mol. The van der Waals surface area contributed by atoms with E-state index in [1.807, 2.05) is 19.1 Å². The number of benzene rings is 2. The summed E-state index contributed by atoms with van der Waals surface area (Å²) in [5.41, 5.74) is 6.73. The number of carbonyl (C=O) groups is 2. The fourth-order valence-corrected chi connectivity index (χ4v) is 2.35. The quantitative estimate of drug-likeness (QED) is 0.597. The van der Waals surface area contributed by atoms with Crippen LogP contribution in [0.5, 0.6) is 5.75 Å². The Hall–Kier alpha value is -2.82. The summed E-state index contributed by atoms with van der Waals surface area (Å²) < 4.78 is 5.69. The molecule has 5 heteroatoms. The van der Waals surface area contributed by atoms with Crippen LogP contribution in [-0.4, -0.2) is 18.4 Å². The van der Waals surface area contributed by atoms with Crippen LogP contribution in [0.2, 0.25) is 0 Å². The lowest BCUT2D eigenvalue weighted by molar-refractivity contribution is 0.0844. The van der Waals surface area contributed by atoms with Crippen LogP contribution in [0.4, 0.5) is 0 Å². The van der Waals surface area contributed by atoms with Gasteiger partial charge in [0.1, 0.15) is 5.75 Å². The second-order valence-corrected chi connectivity index (χ2v) is 5.83. The van der Waals surface area contributed by atoms with E-state index in [-0.39, 0.29) is 5.91 Å². The van der Waals surface area contributed by atoms with E-state index >= 15 is 0 Å². The van der Waals surface area contributed by atoms with E-state index < -0.39 is 5.91 Å². The van der Waals surface area contributed by atoms with Gasteiger partial charge in [-0.25, -0.2) is 0 Å². The monoisotopic (exact) mass is 340 g/mol. The van der Waals surface area contributed by atoms with Gasteiger partial charge in [0.15, 0.2) is 0 Å². The fourth-order valence-electron chi connectivity index (χ4n) is 2.35. The number of para-hydroxylation sites is 1. The minimum Gasteiger partial charge on any atom is -0.493 e. The number of aryl methyl sites for hydroxylation is 1. The normalized spacial score (nSPS) is 10.2. The first-order valence-corrected chi connectivity index (χ1v) is 8.51. The molecule has 2 aromatic carbocycles. The molecule has 0 aliphatic heterocycles. The molecule has 5 nitrogen and oxygen atoms in total. The summed E-state index contributed by atoms with van der Waals surface area (Å²) in [6.45, 7) is 4.59. The molecular formula is C20H24N2O3. The molecule has 2 aromatic rings. The Balaban J connectivity index is 1.95. The van der Waals surface area contributed by atoms with Crippen molar-refractivity contribution < 1.29 is 14.3 Å². The highest BCUT2D eigenvalue weighted by Gasteiger charge is 2.13. The lowest BCUT2D eigenvalue weighted by Gasteiger charge is -2.12. The van der Waals surface area contributed by atoms with Gasteiger partial charge in [-0.2, -0.15) is 0 Å². The largest absolute Gasteiger partial charge is 0.493 e. The maximum Gasteiger partial charge on any atom is 0.273 e. The fraction of sp³-hybridized carbons (Fsp3) is 0.300. The number of nitrogens with one attached hydrogen (secondary N) is 2. The predicted molar refractivity (Wildman–Crippen MR) is 97.6 cm³/mol. The zero-order valence-electron chi connectivity index (χ0n) is 14.7. The number of hydrogen-bond acceptors (Lipinski definition) is 3. The topological polar surface area (TPSA) is 67.4 Å². The molecule has 0 aromatic heterocycles. The van der Waals surface area contributed by atoms with Crippen LogP contribution in [0.15, 0.2) is 48.5 Å². The third-order valence-corrected chi connectivity index (χ3v) is 3.71. The Morgan fingerprint density at radius 3 is 2.48 bits per heavy atom. The Morgan fingerprint density at radius 2 is 1.72 bits per heavy atom. The third kappa shape index (κ3) is 5.64. The van der Waals surface area contributed by atoms with Gasteiger partial charge in [-0.1, -0.05) is 49.6 Å². The summed E-state index contributed by atoms with van der Waals surface area (Å²) in [6, 6.07) is 14.2. The summed E-state index contributed by atoms with van der Waals surface area (Å²) in [5, 5.41) is 0. The van der Waals surface area contributed by atoms with Gasteiger partial charge >= 0.3 is 0 Å². The third-order valence-electron chi connectivity index (χ3n) is 3.71. The molecule has 0 saturated heterocycles. The summed E-state index contributed by atoms with van der Waals surface area (Å²) in [4.78, 5) is 24.5. The Bertz CT molecular complexity index is 728. The maximum atomic E-state index is 12.4. The number of unbranched alkanes of at least 4 members (excludes halogenated alkanes) is 2. The first kappa shape index (κ1) is 18.5. The molecule has 0 atom stereocenters. The highest BCUT2D eigenvalue weighted by Crippen LogP contribution is 2.18. The number of hydrazine groups is 1. The van der Waals surface area contributed by atoms with E-state index in [0.717, 1.165) is 24.8 Å². The van der Waals surface area contributed by atoms with Crippen molar-refractivity contribution >= 4 is 11.8 Å². The van der Waals surface area contributed by atoms with Gasteiger partial charge in [-0.15, -0.1) is 0 Å². The van der Waals surface area contributed by atoms with Crippen molar-refractivity contribution in [1.82, 2.24) is 10.9 Å². The molecule has 0 saturated carbocycles. The highest BCUT2D eigenvalue weighted by molar-refractivity contribution is 6.00. The minimum absolute atomic E-state index is 0.363. The molecule has 0 aliphatic carbocycles. The average Bonchev–Trinajstić information content (AvgIpc) is 2.63. The summed E-state index contributed by atoms with van der Waals surface area (Å²) >= 11 is 0. The van der Waals surface area contributed by atoms with Gasteiger partial charge < -0.3 is 4.74 Å². The second kappa shape index (κ2) is 9.47. The molecule has 2 rings (SSSR count). The molecule has 0 spiro atoms. The molecule has 25 heavy (non-hydrogen) atoms. The Labute approximate surface area is 148 Å². The number of ether oxygens (including phenoxy) is 1. The molecule has 0 unspecified atom stereocenters. The predicted octanol–water partition coefficient (Wildman–Crippen LogP) is 3.64. The number of rotatable bonds is 7. The molecule has 132 valence electrons. The van der Waals surface area contributed by atoms with Crippen molar-refractivity contribution in [3.05, 3.63) is 65.2 Å². The summed E-state index contributed by atoms with van der Waals surface area (Å²) in [6.07, 6.45) is 3.13. The van der Waals surface area contributed by atoms with E-state index in [9.17, 15) is 9.59 Å². The van der Waals surface area contributed by atoms with Crippen LogP contribution in [0.3, 0.4) is 0 Å². The highest BCUT2D eigenvalue weighted by atomic mass is 16.5. The van der Waals surface area contributed by atoms with Gasteiger partial charge in [0.25, 0.3) is 11.8 Å². The molecule has 0 heterocycles. The first-order chi connectivity index (χ1) is 12.1. The summed E-state index contributed by atoms with van der Waals surface area (Å²) in [5.74, 6) is -0.258. The molecule has 0 bridgehead atoms. The van der Waals surface area contributed by atoms with Crippen LogP contribution in [0.1, 0.15) is 52.5 Å². The van der Waals surface area contributed by atoms with Crippen molar-refractivity contribution in [3.8, 4) is 5.75 Å². The number of carbonyl (C=O) groups excluding carboxylic acids is 2. The minimum atomic E-state index is -0.410. The number of hydrogen-bond donors (Lipinski definition) is 2. The van der Waals surface area contributed by atoms with Crippen molar-refractivity contribution in [1.29, 1.82) is 0 Å². The lowest BCUT2D eigenvalue weighted by atomic mass is 10.1. The Morgan fingerprint density at radius 1 is 0.960 bits per heavy atom. The van der Waals surface area contributed by atoms with Gasteiger partial charge in [0, 0.05) is 5.56 Å². The maximum absolute atomic E-state index is 12.4. The molecule has 2 N–H and O–H groups in total. The van der Waals surface area contributed by atoms with Gasteiger partial charge in [0.05, 0.1) is 12.2 Å². The molecule has 2 amide bonds. The van der Waals surface area contributed by atoms with Gasteiger partial charge in [-0.05, 0) is 37.6 Å². The van der Waals surface area contributed by atoms with Crippen molar-refractivity contribution in [2.45, 2.75) is 33.1 Å². The van der Waals surface area contributed by atoms with Crippen LogP contribution in [0, 0.1) is 6.92 Å². The summed E-state index contributed by atoms with van der Waals surface area (Å²) in [7, 11) is 0. The molecule has 0 aliphatic rings. The van der Waals surface area contributed by atoms with Crippen LogP contribution >= 0.6 is 0 Å². The van der Waals surface area contributed by atoms with Crippen LogP contribution < -0.4 is 15.6 Å². The first-order valence-electron chi connectivity index (χ1n) is 8.51. The smallest absolute Gasteiger partial charge is 0.273 e. The van der Waals surface area contributed by atoms with Crippen molar-refractivity contribution in [2.24, 2.45) is 0 Å². The zero-order chi connectivity index (χ0) is 18.1. The van der Waals surface area contributed by atoms with Crippen LogP contribution in [0.25, 0.3) is 0 Å². The van der Waals surface area contributed by atoms with Gasteiger partial charge in [-0.3, -0.25) is 20.4 Å². The van der Waals surface area contributed by atoms with Crippen molar-refractivity contribution in [2.75, 3.05) is 6.61 Å². The second-order valence-electron chi connectivity index (χ2n) is 5.83.